The summed E-state index contributed by atoms with van der Waals surface area (Å²) in [7, 11) is 0. The van der Waals surface area contributed by atoms with Gasteiger partial charge >= 0.3 is 0 Å². The maximum atomic E-state index is 12.8. The summed E-state index contributed by atoms with van der Waals surface area (Å²) < 4.78 is 5.34. The summed E-state index contributed by atoms with van der Waals surface area (Å²) >= 11 is 0. The van der Waals surface area contributed by atoms with Crippen molar-refractivity contribution in [3.8, 4) is 0 Å². The highest BCUT2D eigenvalue weighted by Gasteiger charge is 2.23. The van der Waals surface area contributed by atoms with E-state index in [0.29, 0.717) is 45.0 Å². The maximum Gasteiger partial charge on any atom is 0.293 e. The van der Waals surface area contributed by atoms with Gasteiger partial charge in [-0.15, -0.1) is 0 Å². The Morgan fingerprint density at radius 3 is 2.15 bits per heavy atom. The molecule has 0 saturated carbocycles. The molecule has 0 radical (unpaired) electrons. The third-order valence-corrected chi connectivity index (χ3v) is 5.91. The lowest BCUT2D eigenvalue weighted by molar-refractivity contribution is -0.384. The van der Waals surface area contributed by atoms with Crippen molar-refractivity contribution in [2.75, 3.05) is 37.7 Å². The summed E-state index contributed by atoms with van der Waals surface area (Å²) in [6.45, 7) is 2.69. The van der Waals surface area contributed by atoms with Gasteiger partial charge in [-0.05, 0) is 29.7 Å². The average molecular weight is 446 g/mol. The molecule has 1 N–H and O–H groups in total. The standard InChI is InChI=1S/C26H27N3O4/c30-26(22-11-12-24(25(19-22)29(31)32)28-15-17-33-18-16-28)27-14-13-23(20-7-3-1-4-8-20)21-9-5-2-6-10-21/h1-12,19,23H,13-18H2,(H,27,30). The Kier molecular flexibility index (Phi) is 7.32. The van der Waals surface area contributed by atoms with Crippen LogP contribution in [0.3, 0.4) is 0 Å². The van der Waals surface area contributed by atoms with Gasteiger partial charge in [-0.1, -0.05) is 60.7 Å². The fourth-order valence-corrected chi connectivity index (χ4v) is 4.21. The summed E-state index contributed by atoms with van der Waals surface area (Å²) in [5.74, 6) is -0.169. The SMILES string of the molecule is O=C(NCCC(c1ccccc1)c1ccccc1)c1ccc(N2CCOCC2)c([N+](=O)[O-])c1. The largest absolute Gasteiger partial charge is 0.378 e. The molecule has 0 spiro atoms. The normalized spacial score (nSPS) is 13.7. The fraction of sp³-hybridized carbons (Fsp3) is 0.269. The number of hydrogen-bond acceptors (Lipinski definition) is 5. The number of hydrogen-bond donors (Lipinski definition) is 1. The Morgan fingerprint density at radius 2 is 1.58 bits per heavy atom. The fourth-order valence-electron chi connectivity index (χ4n) is 4.21. The van der Waals surface area contributed by atoms with Crippen LogP contribution in [0.2, 0.25) is 0 Å². The molecule has 1 fully saturated rings. The third kappa shape index (κ3) is 5.56. The highest BCUT2D eigenvalue weighted by molar-refractivity contribution is 5.95. The Bertz CT molecular complexity index is 1040. The van der Waals surface area contributed by atoms with Gasteiger partial charge in [0.25, 0.3) is 11.6 Å². The van der Waals surface area contributed by atoms with Crippen LogP contribution in [0.5, 0.6) is 0 Å². The van der Waals surface area contributed by atoms with Crippen LogP contribution in [0.4, 0.5) is 11.4 Å². The molecule has 4 rings (SSSR count). The molecular weight excluding hydrogens is 418 g/mol. The van der Waals surface area contributed by atoms with Crippen LogP contribution in [0.15, 0.2) is 78.9 Å². The molecule has 0 bridgehead atoms. The molecule has 1 aliphatic rings. The number of nitro groups is 1. The van der Waals surface area contributed by atoms with E-state index in [4.69, 9.17) is 4.74 Å². The predicted octanol–water partition coefficient (Wildman–Crippen LogP) is 4.38. The van der Waals surface area contributed by atoms with Gasteiger partial charge in [0.2, 0.25) is 0 Å². The van der Waals surface area contributed by atoms with E-state index in [9.17, 15) is 14.9 Å². The van der Waals surface area contributed by atoms with E-state index in [2.05, 4.69) is 29.6 Å². The van der Waals surface area contributed by atoms with Crippen LogP contribution in [-0.2, 0) is 4.74 Å². The highest BCUT2D eigenvalue weighted by Crippen LogP contribution is 2.30. The van der Waals surface area contributed by atoms with Crippen LogP contribution in [0.25, 0.3) is 0 Å². The molecule has 1 aliphatic heterocycles. The third-order valence-electron chi connectivity index (χ3n) is 5.91. The van der Waals surface area contributed by atoms with E-state index in [1.165, 1.54) is 17.2 Å². The number of anilines is 1. The molecule has 170 valence electrons. The molecule has 7 nitrogen and oxygen atoms in total. The minimum Gasteiger partial charge on any atom is -0.378 e. The number of carbonyl (C=O) groups is 1. The molecule has 1 heterocycles. The second-order valence-electron chi connectivity index (χ2n) is 7.98. The number of rotatable bonds is 8. The Hall–Kier alpha value is -3.71. The number of nitrogens with zero attached hydrogens (tertiary/aromatic N) is 2. The molecule has 0 aromatic heterocycles. The Labute approximate surface area is 193 Å². The smallest absolute Gasteiger partial charge is 0.293 e. The van der Waals surface area contributed by atoms with E-state index in [-0.39, 0.29) is 23.1 Å². The Balaban J connectivity index is 1.45. The second kappa shape index (κ2) is 10.7. The van der Waals surface area contributed by atoms with Crippen molar-refractivity contribution in [1.82, 2.24) is 5.32 Å². The number of nitrogens with one attached hydrogen (secondary N) is 1. The van der Waals surface area contributed by atoms with Gasteiger partial charge in [0.05, 0.1) is 18.1 Å². The summed E-state index contributed by atoms with van der Waals surface area (Å²) in [6, 6.07) is 25.1. The average Bonchev–Trinajstić information content (AvgIpc) is 2.87. The first-order valence-electron chi connectivity index (χ1n) is 11.1. The molecule has 1 amide bonds. The van der Waals surface area contributed by atoms with Crippen molar-refractivity contribution >= 4 is 17.3 Å². The van der Waals surface area contributed by atoms with Gasteiger partial charge < -0.3 is 15.0 Å². The zero-order valence-corrected chi connectivity index (χ0v) is 18.4. The first-order valence-corrected chi connectivity index (χ1v) is 11.1. The summed E-state index contributed by atoms with van der Waals surface area (Å²) in [5, 5.41) is 14.6. The molecule has 3 aromatic carbocycles. The van der Waals surface area contributed by atoms with E-state index in [1.54, 1.807) is 12.1 Å². The lowest BCUT2D eigenvalue weighted by Gasteiger charge is -2.28. The summed E-state index contributed by atoms with van der Waals surface area (Å²) in [4.78, 5) is 26.0. The van der Waals surface area contributed by atoms with Crippen molar-refractivity contribution < 1.29 is 14.5 Å². The van der Waals surface area contributed by atoms with Crippen molar-refractivity contribution in [3.05, 3.63) is 106 Å². The van der Waals surface area contributed by atoms with E-state index in [0.717, 1.165) is 0 Å². The maximum absolute atomic E-state index is 12.8. The van der Waals surface area contributed by atoms with Crippen molar-refractivity contribution in [2.24, 2.45) is 0 Å². The quantitative estimate of drug-likeness (QED) is 0.411. The molecule has 7 heteroatoms. The Morgan fingerprint density at radius 1 is 0.970 bits per heavy atom. The molecule has 33 heavy (non-hydrogen) atoms. The van der Waals surface area contributed by atoms with Crippen molar-refractivity contribution in [3.63, 3.8) is 0 Å². The molecule has 1 saturated heterocycles. The lowest BCUT2D eigenvalue weighted by atomic mass is 9.88. The van der Waals surface area contributed by atoms with Crippen molar-refractivity contribution in [2.45, 2.75) is 12.3 Å². The number of amides is 1. The van der Waals surface area contributed by atoms with E-state index in [1.807, 2.05) is 41.3 Å². The van der Waals surface area contributed by atoms with Gasteiger partial charge in [0.15, 0.2) is 0 Å². The monoisotopic (exact) mass is 445 g/mol. The molecular formula is C26H27N3O4. The number of carbonyl (C=O) groups excluding carboxylic acids is 1. The van der Waals surface area contributed by atoms with Crippen LogP contribution in [0.1, 0.15) is 33.8 Å². The first-order chi connectivity index (χ1) is 16.1. The summed E-state index contributed by atoms with van der Waals surface area (Å²) in [5.41, 5.74) is 3.12. The van der Waals surface area contributed by atoms with Gasteiger partial charge in [-0.3, -0.25) is 14.9 Å². The molecule has 0 aliphatic carbocycles. The topological polar surface area (TPSA) is 84.7 Å². The van der Waals surface area contributed by atoms with Gasteiger partial charge in [0.1, 0.15) is 5.69 Å². The van der Waals surface area contributed by atoms with Crippen LogP contribution < -0.4 is 10.2 Å². The van der Waals surface area contributed by atoms with Gasteiger partial charge in [-0.2, -0.15) is 0 Å². The highest BCUT2D eigenvalue weighted by atomic mass is 16.6. The molecule has 0 atom stereocenters. The minimum absolute atomic E-state index is 0.0593. The predicted molar refractivity (Wildman–Crippen MR) is 128 cm³/mol. The van der Waals surface area contributed by atoms with Crippen LogP contribution >= 0.6 is 0 Å². The first kappa shape index (κ1) is 22.5. The van der Waals surface area contributed by atoms with Gasteiger partial charge in [-0.25, -0.2) is 0 Å². The number of benzene rings is 3. The molecule has 3 aromatic rings. The second-order valence-corrected chi connectivity index (χ2v) is 7.98. The zero-order chi connectivity index (χ0) is 23.0. The number of ether oxygens (including phenoxy) is 1. The molecule has 0 unspecified atom stereocenters. The zero-order valence-electron chi connectivity index (χ0n) is 18.4. The minimum atomic E-state index is -0.428. The van der Waals surface area contributed by atoms with Crippen LogP contribution in [-0.4, -0.2) is 43.7 Å². The number of morpholine rings is 1. The van der Waals surface area contributed by atoms with Crippen LogP contribution in [0, 0.1) is 10.1 Å². The van der Waals surface area contributed by atoms with Gasteiger partial charge in [0, 0.05) is 37.2 Å². The lowest BCUT2D eigenvalue weighted by Crippen LogP contribution is -2.36. The summed E-state index contributed by atoms with van der Waals surface area (Å²) in [6.07, 6.45) is 0.716. The van der Waals surface area contributed by atoms with Crippen molar-refractivity contribution in [1.29, 1.82) is 0 Å². The number of nitro benzene ring substituents is 1. The van der Waals surface area contributed by atoms with E-state index >= 15 is 0 Å². The van der Waals surface area contributed by atoms with E-state index < -0.39 is 4.92 Å².